The first-order valence-electron chi connectivity index (χ1n) is 47.9. The summed E-state index contributed by atoms with van der Waals surface area (Å²) >= 11 is 0. The van der Waals surface area contributed by atoms with Crippen molar-refractivity contribution in [3.8, 4) is 0 Å². The Labute approximate surface area is 714 Å². The molecule has 0 radical (unpaired) electrons. The zero-order chi connectivity index (χ0) is 86.9. The monoisotopic (exact) mass is 1670 g/mol. The van der Waals surface area contributed by atoms with Crippen molar-refractivity contribution in [2.75, 3.05) is 33.0 Å². The number of esters is 10. The van der Waals surface area contributed by atoms with Crippen molar-refractivity contribution in [3.05, 3.63) is 0 Å². The molecule has 20 aliphatic carbocycles. The zero-order valence-corrected chi connectivity index (χ0v) is 77.2. The third-order valence-electron chi connectivity index (χ3n) is 34.7. The summed E-state index contributed by atoms with van der Waals surface area (Å²) < 4.78 is 56.0. The summed E-state index contributed by atoms with van der Waals surface area (Å²) in [4.78, 5) is 122. The third kappa shape index (κ3) is 20.8. The Kier molecular flexibility index (Phi) is 30.0. The Hall–Kier alpha value is -5.30. The molecular weight excluding hydrogens is 1510 g/mol. The quantitative estimate of drug-likeness (QED) is 0.0497. The van der Waals surface area contributed by atoms with Gasteiger partial charge in [-0.25, -0.2) is 24.0 Å². The summed E-state index contributed by atoms with van der Waals surface area (Å²) in [5.41, 5.74) is -4.05. The molecule has 0 aromatic carbocycles. The van der Waals surface area contributed by atoms with Gasteiger partial charge in [0.05, 0.1) is 27.1 Å². The molecule has 0 aromatic heterocycles. The van der Waals surface area contributed by atoms with Gasteiger partial charge in [-0.2, -0.15) is 0 Å². The highest BCUT2D eigenvalue weighted by Crippen LogP contribution is 2.65. The molecule has 20 fully saturated rings. The first kappa shape index (κ1) is 94.4. The van der Waals surface area contributed by atoms with Gasteiger partial charge < -0.3 is 47.4 Å². The van der Waals surface area contributed by atoms with Crippen LogP contribution in [0.5, 0.6) is 0 Å². The molecule has 0 unspecified atom stereocenters. The van der Waals surface area contributed by atoms with Crippen molar-refractivity contribution < 1.29 is 95.3 Å². The van der Waals surface area contributed by atoms with Gasteiger partial charge in [-0.05, 0) is 406 Å². The summed E-state index contributed by atoms with van der Waals surface area (Å²) in [6, 6.07) is 0. The van der Waals surface area contributed by atoms with Gasteiger partial charge in [-0.3, -0.25) is 24.0 Å². The Morgan fingerprint density at radius 2 is 0.529 bits per heavy atom. The van der Waals surface area contributed by atoms with Crippen molar-refractivity contribution in [2.24, 2.45) is 151 Å². The van der Waals surface area contributed by atoms with Crippen LogP contribution in [-0.4, -0.2) is 121 Å². The van der Waals surface area contributed by atoms with E-state index in [0.717, 1.165) is 78.4 Å². The fourth-order valence-corrected chi connectivity index (χ4v) is 26.8. The molecular formula is C99H158O20. The molecule has 0 heterocycles. The topological polar surface area (TPSA) is 263 Å². The van der Waals surface area contributed by atoms with Crippen LogP contribution in [0.25, 0.3) is 0 Å². The lowest BCUT2D eigenvalue weighted by molar-refractivity contribution is -0.228. The SMILES string of the molecule is CCC(C)(C)C(=O)OCC(=O)OC1(C(C)C)C2CC3CC(C2)CC1C3.CCC(C)(C)C(=O)OCC(=O)OC1(C)C2CC3CC(C2)CC1C3.CCC(C)(C)C(=O)OCC(=O)OC1(CC)C2CC3CC(C2)CC1C3.CCC(C)(C)C(=O)OCC(=O)OC1C2CC3CC(C2)CC1C3.CCCC1(OC(=O)COC(=O)C(C)(C)CC)C2CC3CC(C2)CC1C3. The summed E-state index contributed by atoms with van der Waals surface area (Å²) in [5, 5.41) is 0. The molecule has 20 saturated carbocycles. The van der Waals surface area contributed by atoms with E-state index >= 15 is 0 Å². The van der Waals surface area contributed by atoms with Crippen LogP contribution < -0.4 is 0 Å². The number of carbonyl (C=O) groups is 10. The summed E-state index contributed by atoms with van der Waals surface area (Å²) in [7, 11) is 0. The predicted octanol–water partition coefficient (Wildman–Crippen LogP) is 20.0. The molecule has 20 nitrogen and oxygen atoms in total. The van der Waals surface area contributed by atoms with Crippen molar-refractivity contribution in [3.63, 3.8) is 0 Å². The smallest absolute Gasteiger partial charge is 0.344 e. The highest BCUT2D eigenvalue weighted by molar-refractivity contribution is 5.83. The van der Waals surface area contributed by atoms with E-state index in [1.165, 1.54) is 161 Å². The van der Waals surface area contributed by atoms with Gasteiger partial charge in [0, 0.05) is 0 Å². The van der Waals surface area contributed by atoms with E-state index in [9.17, 15) is 47.9 Å². The molecule has 0 aliphatic heterocycles. The Balaban J connectivity index is 0.000000146. The van der Waals surface area contributed by atoms with Crippen molar-refractivity contribution in [1.29, 1.82) is 0 Å². The van der Waals surface area contributed by atoms with E-state index in [0.29, 0.717) is 97.2 Å². The lowest BCUT2D eigenvalue weighted by atomic mass is 9.47. The van der Waals surface area contributed by atoms with Crippen LogP contribution in [0.1, 0.15) is 350 Å². The largest absolute Gasteiger partial charge is 0.459 e. The molecule has 0 spiro atoms. The van der Waals surface area contributed by atoms with E-state index in [-0.39, 0.29) is 121 Å². The average Bonchev–Trinajstić information content (AvgIpc) is 0.717. The summed E-state index contributed by atoms with van der Waals surface area (Å²) in [6.07, 6.45) is 37.3. The van der Waals surface area contributed by atoms with Crippen molar-refractivity contribution in [1.82, 2.24) is 0 Å². The highest BCUT2D eigenvalue weighted by Gasteiger charge is 2.64. The fourth-order valence-electron chi connectivity index (χ4n) is 26.8. The van der Waals surface area contributed by atoms with Crippen molar-refractivity contribution >= 4 is 59.7 Å². The Morgan fingerprint density at radius 3 is 0.798 bits per heavy atom. The lowest BCUT2D eigenvalue weighted by Crippen LogP contribution is -2.62. The van der Waals surface area contributed by atoms with Crippen LogP contribution in [0.4, 0.5) is 0 Å². The van der Waals surface area contributed by atoms with Gasteiger partial charge in [0.2, 0.25) is 0 Å². The third-order valence-corrected chi connectivity index (χ3v) is 34.7. The van der Waals surface area contributed by atoms with E-state index < -0.39 is 27.1 Å². The van der Waals surface area contributed by atoms with Crippen LogP contribution in [-0.2, 0) is 95.3 Å². The first-order valence-corrected chi connectivity index (χ1v) is 47.9. The molecule has 0 saturated heterocycles. The fraction of sp³-hybridized carbons (Fsp3) is 0.899. The van der Waals surface area contributed by atoms with Gasteiger partial charge in [0.25, 0.3) is 0 Å². The maximum atomic E-state index is 12.6. The summed E-state index contributed by atoms with van der Waals surface area (Å²) in [6.45, 7) is 37.6. The second-order valence-electron chi connectivity index (χ2n) is 44.8. The minimum atomic E-state index is -0.557. The second-order valence-corrected chi connectivity index (χ2v) is 44.8. The normalized spacial score (nSPS) is 37.0. The number of rotatable bonds is 29. The van der Waals surface area contributed by atoms with Gasteiger partial charge in [-0.15, -0.1) is 0 Å². The van der Waals surface area contributed by atoms with Crippen LogP contribution in [0.15, 0.2) is 0 Å². The highest BCUT2D eigenvalue weighted by atomic mass is 16.6. The first-order chi connectivity index (χ1) is 55.9. The van der Waals surface area contributed by atoms with Gasteiger partial charge in [-0.1, -0.05) is 68.7 Å². The lowest BCUT2D eigenvalue weighted by Gasteiger charge is -2.61. The van der Waals surface area contributed by atoms with E-state index in [1.807, 2.05) is 104 Å². The van der Waals surface area contributed by atoms with E-state index in [1.54, 1.807) is 0 Å². The molecule has 20 aliphatic rings. The molecule has 20 rings (SSSR count). The number of ether oxygens (including phenoxy) is 10. The zero-order valence-electron chi connectivity index (χ0n) is 77.2. The maximum Gasteiger partial charge on any atom is 0.344 e. The average molecular weight is 1670 g/mol. The summed E-state index contributed by atoms with van der Waals surface area (Å²) in [5.74, 6) is 10.3. The minimum absolute atomic E-state index is 0.0678. The van der Waals surface area contributed by atoms with Crippen LogP contribution in [0.2, 0.25) is 0 Å². The van der Waals surface area contributed by atoms with E-state index in [4.69, 9.17) is 47.4 Å². The minimum Gasteiger partial charge on any atom is -0.459 e. The Morgan fingerprint density at radius 1 is 0.294 bits per heavy atom. The molecule has 119 heavy (non-hydrogen) atoms. The molecule has 674 valence electrons. The molecule has 0 amide bonds. The second kappa shape index (κ2) is 37.9. The number of hydrogen-bond donors (Lipinski definition) is 0. The maximum absolute atomic E-state index is 12.6. The molecule has 0 N–H and O–H groups in total. The Bertz CT molecular complexity index is 3430. The van der Waals surface area contributed by atoms with E-state index in [2.05, 4.69) is 34.6 Å². The predicted molar refractivity (Wildman–Crippen MR) is 451 cm³/mol. The molecule has 20 bridgehead atoms. The molecule has 0 atom stereocenters. The molecule has 20 heteroatoms. The number of carbonyl (C=O) groups excluding carboxylic acids is 10. The number of hydrogen-bond acceptors (Lipinski definition) is 20. The van der Waals surface area contributed by atoms with Gasteiger partial charge in [0.15, 0.2) is 33.0 Å². The standard InChI is InChI=1S/2C21H34O4.C20H32O4.C19H30O4.C18H28O4/c1-6-20(4,5)19(23)24-12-18(22)25-21(13(2)3)16-8-14-7-15(10-16)11-17(21)9-14;1-5-7-21(16-9-14-8-15(11-16)12-17(21)10-14)25-18(22)13-24-19(23)20(3,4)6-2;1-5-19(3,4)18(22)23-12-17(21)24-20(6-2)15-8-13-7-14(10-15)11-16(20)9-13;1-5-18(2,3)17(21)22-11-16(20)23-19(4)14-7-12-6-13(9-14)10-15(19)8-12;1-4-18(2,3)17(20)21-10-15(19)22-16-13-6-11-5-12(8-13)9-14(16)7-11/h13-17H,6-12H2,1-5H3;14-17H,5-13H2,1-4H3;13-16H,5-12H2,1-4H3;12-15H,5-11H2,1-4H3;11-14,16H,4-10H2,1-3H3. The van der Waals surface area contributed by atoms with Crippen molar-refractivity contribution in [2.45, 2.75) is 379 Å². The van der Waals surface area contributed by atoms with Crippen LogP contribution in [0, 0.1) is 151 Å². The van der Waals surface area contributed by atoms with Crippen LogP contribution in [0.3, 0.4) is 0 Å². The van der Waals surface area contributed by atoms with Gasteiger partial charge in [0.1, 0.15) is 28.5 Å². The molecule has 0 aromatic rings. The van der Waals surface area contributed by atoms with Crippen LogP contribution >= 0.6 is 0 Å². The van der Waals surface area contributed by atoms with Gasteiger partial charge >= 0.3 is 59.7 Å².